The van der Waals surface area contributed by atoms with Gasteiger partial charge in [0.25, 0.3) is 0 Å². The molecule has 0 spiro atoms. The lowest BCUT2D eigenvalue weighted by Gasteiger charge is -2.38. The third kappa shape index (κ3) is 6.37. The Morgan fingerprint density at radius 3 is 0.938 bits per heavy atom. The molecular weight excluding hydrogens is 744 g/mol. The molecule has 5 aromatic rings. The highest BCUT2D eigenvalue weighted by Gasteiger charge is 2.43. The second-order valence-electron chi connectivity index (χ2n) is 15.8. The number of benzene rings is 5. The zero-order valence-corrected chi connectivity index (χ0v) is 36.2. The van der Waals surface area contributed by atoms with Crippen LogP contribution in [0.3, 0.4) is 0 Å². The summed E-state index contributed by atoms with van der Waals surface area (Å²) in [5.41, 5.74) is 13.9. The van der Waals surface area contributed by atoms with E-state index in [0.29, 0.717) is 33.2 Å². The summed E-state index contributed by atoms with van der Waals surface area (Å²) < 4.78 is 2.18. The molecule has 0 saturated carbocycles. The molecule has 0 nitrogen and oxygen atoms in total. The minimum Gasteiger partial charge on any atom is -0.125 e. The van der Waals surface area contributed by atoms with Gasteiger partial charge in [0.1, 0.15) is 16.1 Å². The lowest BCUT2D eigenvalue weighted by atomic mass is 9.89. The summed E-state index contributed by atoms with van der Waals surface area (Å²) in [7, 11) is -4.00. The lowest BCUT2D eigenvalue weighted by molar-refractivity contribution is 0.838. The second kappa shape index (κ2) is 14.1. The van der Waals surface area contributed by atoms with Gasteiger partial charge >= 0.3 is 0 Å². The Kier molecular flexibility index (Phi) is 10.9. The molecule has 5 aromatic carbocycles. The van der Waals surface area contributed by atoms with E-state index in [-0.39, 0.29) is 0 Å². The molecule has 48 heavy (non-hydrogen) atoms. The van der Waals surface area contributed by atoms with E-state index in [1.54, 1.807) is 0 Å². The molecule has 0 unspecified atom stereocenters. The van der Waals surface area contributed by atoms with Gasteiger partial charge in [-0.1, -0.05) is 139 Å². The number of rotatable bonds is 6. The van der Waals surface area contributed by atoms with Crippen molar-refractivity contribution in [2.75, 3.05) is 0 Å². The first-order valence-corrected chi connectivity index (χ1v) is 23.9. The summed E-state index contributed by atoms with van der Waals surface area (Å²) in [6.45, 7) is 28.8. The zero-order valence-electron chi connectivity index (χ0n) is 31.0. The van der Waals surface area contributed by atoms with E-state index in [1.807, 2.05) is 0 Å². The van der Waals surface area contributed by atoms with Crippen LogP contribution in [0.2, 0.25) is 33.2 Å². The smallest absolute Gasteiger partial charge is 0.125 e. The summed E-state index contributed by atoms with van der Waals surface area (Å²) in [4.78, 5) is 0. The highest BCUT2D eigenvalue weighted by atomic mass is 79.9. The molecule has 5 rings (SSSR count). The third-order valence-corrected chi connectivity index (χ3v) is 25.1. The van der Waals surface area contributed by atoms with Crippen molar-refractivity contribution < 1.29 is 0 Å². The van der Waals surface area contributed by atoms with Gasteiger partial charge in [0.15, 0.2) is 0 Å². The molecule has 0 N–H and O–H groups in total. The fourth-order valence-electron chi connectivity index (χ4n) is 9.13. The minimum atomic E-state index is -2.00. The van der Waals surface area contributed by atoms with Crippen LogP contribution in [0.4, 0.5) is 0 Å². The normalized spacial score (nSPS) is 12.8. The number of hydrogen-bond donors (Lipinski definition) is 0. The predicted molar refractivity (Wildman–Crippen MR) is 228 cm³/mol. The Morgan fingerprint density at radius 2 is 0.667 bits per heavy atom. The van der Waals surface area contributed by atoms with E-state index < -0.39 is 16.1 Å². The quantitative estimate of drug-likeness (QED) is 0.0912. The van der Waals surface area contributed by atoms with Crippen LogP contribution < -0.4 is 0 Å². The summed E-state index contributed by atoms with van der Waals surface area (Å²) >= 11 is 7.50. The number of hydrogen-bond acceptors (Lipinski definition) is 0. The standard InChI is InChI=1S/C44H52Br2Si2/c1-27(2)47(28(3)4,29(5)6)19-17-39-41-23-33-13-15-37(45)21-35(33)25-43(41)40(18-20-48(30(7)8,31(9)10)32(11)12)44-26-36-22-38(46)16-14-34(36)24-42(39)44/h13-16,21-32H,1-12H3. The van der Waals surface area contributed by atoms with Crippen LogP contribution in [-0.4, -0.2) is 16.1 Å². The minimum absolute atomic E-state index is 0.558. The van der Waals surface area contributed by atoms with Crippen molar-refractivity contribution in [3.8, 4) is 22.9 Å². The van der Waals surface area contributed by atoms with Crippen LogP contribution in [0.15, 0.2) is 69.6 Å². The monoisotopic (exact) mass is 794 g/mol. The van der Waals surface area contributed by atoms with Gasteiger partial charge in [-0.3, -0.25) is 0 Å². The summed E-state index contributed by atoms with van der Waals surface area (Å²) in [6, 6.07) is 22.8. The predicted octanol–water partition coefficient (Wildman–Crippen LogP) is 15.0. The molecule has 0 fully saturated rings. The van der Waals surface area contributed by atoms with Crippen molar-refractivity contribution in [2.24, 2.45) is 0 Å². The van der Waals surface area contributed by atoms with Gasteiger partial charge in [-0.05, 0) is 125 Å². The summed E-state index contributed by atoms with van der Waals surface area (Å²) in [5.74, 6) is 7.95. The highest BCUT2D eigenvalue weighted by molar-refractivity contribution is 9.10. The zero-order chi connectivity index (χ0) is 35.3. The topological polar surface area (TPSA) is 0 Å². The first kappa shape index (κ1) is 36.9. The summed E-state index contributed by atoms with van der Waals surface area (Å²) in [5, 5.41) is 9.76. The van der Waals surface area contributed by atoms with E-state index in [1.165, 1.54) is 43.1 Å². The van der Waals surface area contributed by atoms with Gasteiger partial charge in [-0.2, -0.15) is 0 Å². The van der Waals surface area contributed by atoms with Gasteiger partial charge < -0.3 is 0 Å². The second-order valence-corrected chi connectivity index (χ2v) is 28.8. The largest absolute Gasteiger partial charge is 0.146 e. The molecule has 0 aromatic heterocycles. The van der Waals surface area contributed by atoms with Crippen molar-refractivity contribution in [2.45, 2.75) is 116 Å². The first-order valence-electron chi connectivity index (χ1n) is 17.8. The lowest BCUT2D eigenvalue weighted by Crippen LogP contribution is -2.43. The van der Waals surface area contributed by atoms with Gasteiger partial charge in [-0.25, -0.2) is 0 Å². The van der Waals surface area contributed by atoms with Crippen LogP contribution in [0.25, 0.3) is 43.1 Å². The molecule has 0 bridgehead atoms. The molecule has 0 radical (unpaired) electrons. The van der Waals surface area contributed by atoms with Gasteiger partial charge in [0.05, 0.1) is 0 Å². The van der Waals surface area contributed by atoms with E-state index >= 15 is 0 Å². The van der Waals surface area contributed by atoms with Crippen LogP contribution in [-0.2, 0) is 0 Å². The molecule has 250 valence electrons. The van der Waals surface area contributed by atoms with Crippen LogP contribution in [0, 0.1) is 22.9 Å². The molecule has 0 aliphatic carbocycles. The number of halogens is 2. The van der Waals surface area contributed by atoms with Crippen molar-refractivity contribution in [1.29, 1.82) is 0 Å². The molecular formula is C44H52Br2Si2. The van der Waals surface area contributed by atoms with Crippen molar-refractivity contribution >= 4 is 91.1 Å². The molecule has 0 aliphatic rings. The molecule has 0 aliphatic heterocycles. The van der Waals surface area contributed by atoms with Crippen molar-refractivity contribution in [1.82, 2.24) is 0 Å². The van der Waals surface area contributed by atoms with Gasteiger partial charge in [-0.15, -0.1) is 11.1 Å². The molecule has 0 saturated heterocycles. The Bertz CT molecular complexity index is 2000. The fourth-order valence-corrected chi connectivity index (χ4v) is 20.3. The summed E-state index contributed by atoms with van der Waals surface area (Å²) in [6.07, 6.45) is 0. The Morgan fingerprint density at radius 1 is 0.396 bits per heavy atom. The van der Waals surface area contributed by atoms with Gasteiger partial charge in [0.2, 0.25) is 0 Å². The maximum Gasteiger partial charge on any atom is 0.146 e. The highest BCUT2D eigenvalue weighted by Crippen LogP contribution is 2.44. The maximum atomic E-state index is 4.11. The number of fused-ring (bicyclic) bond motifs is 4. The fraction of sp³-hybridized carbons (Fsp3) is 0.409. The van der Waals surface area contributed by atoms with Crippen LogP contribution in [0.1, 0.15) is 94.2 Å². The van der Waals surface area contributed by atoms with E-state index in [9.17, 15) is 0 Å². The van der Waals surface area contributed by atoms with Gasteiger partial charge in [0, 0.05) is 20.1 Å². The SMILES string of the molecule is CC(C)[Si](C#Cc1c2cc3ccc(Br)cc3cc2c(C#C[Si](C(C)C)(C(C)C)C(C)C)c2cc3cc(Br)ccc3cc12)(C(C)C)C(C)C. The molecule has 0 heterocycles. The Hall–Kier alpha value is -2.35. The van der Waals surface area contributed by atoms with Crippen LogP contribution >= 0.6 is 31.9 Å². The van der Waals surface area contributed by atoms with E-state index in [4.69, 9.17) is 0 Å². The molecule has 0 atom stereocenters. The average Bonchev–Trinajstić information content (AvgIpc) is 2.99. The van der Waals surface area contributed by atoms with Crippen molar-refractivity contribution in [3.05, 3.63) is 80.7 Å². The Balaban J connectivity index is 2.05. The molecule has 0 amide bonds. The first-order chi connectivity index (χ1) is 22.5. The average molecular weight is 797 g/mol. The van der Waals surface area contributed by atoms with E-state index in [0.717, 1.165) is 20.1 Å². The molecule has 4 heteroatoms. The Labute approximate surface area is 309 Å². The van der Waals surface area contributed by atoms with Crippen LogP contribution in [0.5, 0.6) is 0 Å². The van der Waals surface area contributed by atoms with Crippen molar-refractivity contribution in [3.63, 3.8) is 0 Å². The third-order valence-electron chi connectivity index (χ3n) is 11.5. The maximum absolute atomic E-state index is 4.11. The van der Waals surface area contributed by atoms with E-state index in [2.05, 4.69) is 199 Å².